The molecule has 2 aromatic rings. The van der Waals surface area contributed by atoms with Gasteiger partial charge >= 0.3 is 6.03 Å². The number of carbonyl (C=O) groups excluding carboxylic acids is 1. The third-order valence-corrected chi connectivity index (χ3v) is 3.63. The van der Waals surface area contributed by atoms with Gasteiger partial charge in [0.2, 0.25) is 0 Å². The van der Waals surface area contributed by atoms with E-state index in [1.165, 1.54) is 0 Å². The van der Waals surface area contributed by atoms with Crippen LogP contribution in [0.2, 0.25) is 0 Å². The Morgan fingerprint density at radius 2 is 1.83 bits per heavy atom. The molecule has 122 valence electrons. The van der Waals surface area contributed by atoms with Crippen LogP contribution in [-0.4, -0.2) is 26.3 Å². The van der Waals surface area contributed by atoms with Gasteiger partial charge in [-0.2, -0.15) is 0 Å². The molecule has 0 aromatic heterocycles. The highest BCUT2D eigenvalue weighted by molar-refractivity contribution is 9.10. The number of hydrogen-bond acceptors (Lipinski definition) is 3. The van der Waals surface area contributed by atoms with Crippen LogP contribution in [-0.2, 0) is 6.54 Å². The van der Waals surface area contributed by atoms with E-state index in [4.69, 9.17) is 9.47 Å². The summed E-state index contributed by atoms with van der Waals surface area (Å²) in [6.45, 7) is 1.24. The normalized spacial score (nSPS) is 10.0. The first-order chi connectivity index (χ1) is 11.2. The first kappa shape index (κ1) is 17.1. The summed E-state index contributed by atoms with van der Waals surface area (Å²) in [7, 11) is 1.61. The summed E-state index contributed by atoms with van der Waals surface area (Å²) in [6, 6.07) is 14.9. The molecule has 6 heteroatoms. The Kier molecular flexibility index (Phi) is 6.75. The van der Waals surface area contributed by atoms with E-state index >= 15 is 0 Å². The number of benzene rings is 2. The van der Waals surface area contributed by atoms with Crippen LogP contribution in [0.3, 0.4) is 0 Å². The smallest absolute Gasteiger partial charge is 0.315 e. The summed E-state index contributed by atoms with van der Waals surface area (Å²) >= 11 is 3.36. The van der Waals surface area contributed by atoms with Gasteiger partial charge in [-0.15, -0.1) is 0 Å². The Morgan fingerprint density at radius 1 is 1.09 bits per heavy atom. The van der Waals surface area contributed by atoms with Gasteiger partial charge in [-0.3, -0.25) is 0 Å². The maximum Gasteiger partial charge on any atom is 0.315 e. The second kappa shape index (κ2) is 9.05. The van der Waals surface area contributed by atoms with E-state index in [-0.39, 0.29) is 6.03 Å². The zero-order chi connectivity index (χ0) is 16.5. The second-order valence-corrected chi connectivity index (χ2v) is 5.64. The quantitative estimate of drug-likeness (QED) is 0.726. The molecule has 0 unspecified atom stereocenters. The molecule has 2 aromatic carbocycles. The van der Waals surface area contributed by atoms with E-state index in [0.717, 1.165) is 21.5 Å². The average molecular weight is 379 g/mol. The predicted octanol–water partition coefficient (Wildman–Crippen LogP) is 3.34. The second-order valence-electron chi connectivity index (χ2n) is 4.72. The zero-order valence-electron chi connectivity index (χ0n) is 12.8. The first-order valence-electron chi connectivity index (χ1n) is 7.21. The van der Waals surface area contributed by atoms with Crippen LogP contribution in [0, 0.1) is 0 Å². The van der Waals surface area contributed by atoms with Crippen LogP contribution in [0.15, 0.2) is 53.0 Å². The summed E-state index contributed by atoms with van der Waals surface area (Å²) in [5, 5.41) is 5.53. The monoisotopic (exact) mass is 378 g/mol. The Labute approximate surface area is 144 Å². The summed E-state index contributed by atoms with van der Waals surface area (Å²) < 4.78 is 11.8. The molecule has 0 aliphatic carbocycles. The minimum atomic E-state index is -0.240. The molecule has 5 nitrogen and oxygen atoms in total. The predicted molar refractivity (Wildman–Crippen MR) is 92.9 cm³/mol. The highest BCUT2D eigenvalue weighted by atomic mass is 79.9. The highest BCUT2D eigenvalue weighted by Crippen LogP contribution is 2.17. The Morgan fingerprint density at radius 3 is 2.57 bits per heavy atom. The van der Waals surface area contributed by atoms with Crippen molar-refractivity contribution in [2.24, 2.45) is 0 Å². The molecule has 0 radical (unpaired) electrons. The lowest BCUT2D eigenvalue weighted by atomic mass is 10.2. The Balaban J connectivity index is 1.66. The Hall–Kier alpha value is -2.21. The van der Waals surface area contributed by atoms with Crippen molar-refractivity contribution in [3.8, 4) is 11.5 Å². The van der Waals surface area contributed by atoms with Crippen LogP contribution in [0.4, 0.5) is 4.79 Å². The van der Waals surface area contributed by atoms with Gasteiger partial charge in [0.15, 0.2) is 0 Å². The van der Waals surface area contributed by atoms with Crippen LogP contribution < -0.4 is 20.1 Å². The molecule has 23 heavy (non-hydrogen) atoms. The molecule has 0 saturated carbocycles. The molecule has 0 aliphatic rings. The average Bonchev–Trinajstić information content (AvgIpc) is 2.58. The number of halogens is 1. The van der Waals surface area contributed by atoms with E-state index in [9.17, 15) is 4.79 Å². The van der Waals surface area contributed by atoms with Crippen molar-refractivity contribution < 1.29 is 14.3 Å². The molecule has 0 heterocycles. The molecule has 2 N–H and O–H groups in total. The SMILES string of the molecule is COc1ccccc1CNC(=O)NCCOc1ccc(Br)cc1. The minimum Gasteiger partial charge on any atom is -0.496 e. The summed E-state index contributed by atoms with van der Waals surface area (Å²) in [5.74, 6) is 1.52. The van der Waals surface area contributed by atoms with Gasteiger partial charge in [0.1, 0.15) is 18.1 Å². The molecule has 0 aliphatic heterocycles. The number of amides is 2. The van der Waals surface area contributed by atoms with Gasteiger partial charge in [0.05, 0.1) is 13.7 Å². The fraction of sp³-hybridized carbons (Fsp3) is 0.235. The van der Waals surface area contributed by atoms with Crippen LogP contribution in [0.25, 0.3) is 0 Å². The van der Waals surface area contributed by atoms with Crippen LogP contribution in [0.1, 0.15) is 5.56 Å². The number of ether oxygens (including phenoxy) is 2. The van der Waals surface area contributed by atoms with E-state index in [2.05, 4.69) is 26.6 Å². The van der Waals surface area contributed by atoms with Gasteiger partial charge < -0.3 is 20.1 Å². The van der Waals surface area contributed by atoms with E-state index in [1.54, 1.807) is 7.11 Å². The van der Waals surface area contributed by atoms with Crippen molar-refractivity contribution >= 4 is 22.0 Å². The van der Waals surface area contributed by atoms with Crippen molar-refractivity contribution in [2.45, 2.75) is 6.54 Å². The van der Waals surface area contributed by atoms with Crippen molar-refractivity contribution in [3.05, 3.63) is 58.6 Å². The zero-order valence-corrected chi connectivity index (χ0v) is 14.4. The van der Waals surface area contributed by atoms with Gasteiger partial charge in [-0.25, -0.2) is 4.79 Å². The van der Waals surface area contributed by atoms with Crippen molar-refractivity contribution in [1.82, 2.24) is 10.6 Å². The number of carbonyl (C=O) groups is 1. The highest BCUT2D eigenvalue weighted by Gasteiger charge is 2.04. The lowest BCUT2D eigenvalue weighted by molar-refractivity contribution is 0.236. The summed E-state index contributed by atoms with van der Waals surface area (Å²) in [6.07, 6.45) is 0. The number of methoxy groups -OCH3 is 1. The molecule has 2 amide bonds. The maximum absolute atomic E-state index is 11.7. The van der Waals surface area contributed by atoms with Crippen molar-refractivity contribution in [1.29, 1.82) is 0 Å². The third-order valence-electron chi connectivity index (χ3n) is 3.10. The molecular weight excluding hydrogens is 360 g/mol. The molecular formula is C17H19BrN2O3. The standard InChI is InChI=1S/C17H19BrN2O3/c1-22-16-5-3-2-4-13(16)12-20-17(21)19-10-11-23-15-8-6-14(18)7-9-15/h2-9H,10-12H2,1H3,(H2,19,20,21). The van der Waals surface area contributed by atoms with Crippen LogP contribution >= 0.6 is 15.9 Å². The van der Waals surface area contributed by atoms with E-state index in [1.807, 2.05) is 48.5 Å². The molecule has 0 atom stereocenters. The number of hydrogen-bond donors (Lipinski definition) is 2. The van der Waals surface area contributed by atoms with E-state index in [0.29, 0.717) is 19.7 Å². The summed E-state index contributed by atoms with van der Waals surface area (Å²) in [4.78, 5) is 11.7. The van der Waals surface area contributed by atoms with Crippen LogP contribution in [0.5, 0.6) is 11.5 Å². The molecule has 0 bridgehead atoms. The molecule has 0 fully saturated rings. The van der Waals surface area contributed by atoms with Gasteiger partial charge in [-0.1, -0.05) is 34.1 Å². The number of nitrogens with one attached hydrogen (secondary N) is 2. The van der Waals surface area contributed by atoms with E-state index < -0.39 is 0 Å². The third kappa shape index (κ3) is 5.83. The lowest BCUT2D eigenvalue weighted by Gasteiger charge is -2.11. The first-order valence-corrected chi connectivity index (χ1v) is 8.00. The fourth-order valence-electron chi connectivity index (χ4n) is 1.95. The van der Waals surface area contributed by atoms with Crippen molar-refractivity contribution in [2.75, 3.05) is 20.3 Å². The Bertz CT molecular complexity index is 632. The number of para-hydroxylation sites is 1. The molecule has 0 saturated heterocycles. The minimum absolute atomic E-state index is 0.240. The number of rotatable bonds is 7. The lowest BCUT2D eigenvalue weighted by Crippen LogP contribution is -2.37. The van der Waals surface area contributed by atoms with Crippen molar-refractivity contribution in [3.63, 3.8) is 0 Å². The summed E-state index contributed by atoms with van der Waals surface area (Å²) in [5.41, 5.74) is 0.927. The topological polar surface area (TPSA) is 59.6 Å². The maximum atomic E-state index is 11.7. The molecule has 2 rings (SSSR count). The van der Waals surface area contributed by atoms with Gasteiger partial charge in [0, 0.05) is 16.6 Å². The number of urea groups is 1. The largest absolute Gasteiger partial charge is 0.496 e. The molecule has 0 spiro atoms. The fourth-order valence-corrected chi connectivity index (χ4v) is 2.22. The van der Waals surface area contributed by atoms with Gasteiger partial charge in [-0.05, 0) is 30.3 Å². The van der Waals surface area contributed by atoms with Gasteiger partial charge in [0.25, 0.3) is 0 Å².